The van der Waals surface area contributed by atoms with Gasteiger partial charge in [0.1, 0.15) is 0 Å². The molecule has 16 heavy (non-hydrogen) atoms. The van der Waals surface area contributed by atoms with Gasteiger partial charge in [0, 0.05) is 25.8 Å². The maximum absolute atomic E-state index is 11.6. The van der Waals surface area contributed by atoms with Crippen molar-refractivity contribution in [3.8, 4) is 0 Å². The number of piperidine rings is 1. The molecule has 2 N–H and O–H groups in total. The van der Waals surface area contributed by atoms with Gasteiger partial charge >= 0.3 is 0 Å². The zero-order valence-electron chi connectivity index (χ0n) is 9.20. The second-order valence-corrected chi connectivity index (χ2v) is 5.39. The highest BCUT2D eigenvalue weighted by atomic mass is 32.1. The highest BCUT2D eigenvalue weighted by Gasteiger charge is 2.46. The summed E-state index contributed by atoms with van der Waals surface area (Å²) in [6.45, 7) is 0.516. The van der Waals surface area contributed by atoms with Crippen molar-refractivity contribution in [1.82, 2.24) is 4.90 Å². The van der Waals surface area contributed by atoms with Crippen LogP contribution in [0.3, 0.4) is 0 Å². The number of thiocarbonyl (C=S) groups is 1. The fraction of sp³-hybridized carbons (Fsp3) is 0.727. The van der Waals surface area contributed by atoms with E-state index in [1.54, 1.807) is 0 Å². The van der Waals surface area contributed by atoms with E-state index in [0.29, 0.717) is 37.2 Å². The fourth-order valence-corrected chi connectivity index (χ4v) is 2.55. The van der Waals surface area contributed by atoms with Crippen LogP contribution in [0.1, 0.15) is 38.5 Å². The van der Waals surface area contributed by atoms with E-state index in [1.807, 2.05) is 0 Å². The van der Waals surface area contributed by atoms with E-state index in [4.69, 9.17) is 18.0 Å². The van der Waals surface area contributed by atoms with Crippen LogP contribution in [0.25, 0.3) is 0 Å². The Bertz CT molecular complexity index is 334. The Morgan fingerprint density at radius 2 is 1.88 bits per heavy atom. The molecule has 0 aromatic rings. The average molecular weight is 240 g/mol. The molecule has 5 heteroatoms. The first-order valence-electron chi connectivity index (χ1n) is 5.64. The predicted molar refractivity (Wildman–Crippen MR) is 63.6 cm³/mol. The molecule has 2 rings (SSSR count). The first-order valence-corrected chi connectivity index (χ1v) is 6.05. The van der Waals surface area contributed by atoms with Gasteiger partial charge in [-0.1, -0.05) is 12.2 Å². The van der Waals surface area contributed by atoms with Crippen molar-refractivity contribution in [1.29, 1.82) is 0 Å². The molecule has 0 aromatic heterocycles. The summed E-state index contributed by atoms with van der Waals surface area (Å²) in [5.74, 6) is -0.0732. The molecule has 1 aliphatic heterocycles. The van der Waals surface area contributed by atoms with Crippen LogP contribution in [0.15, 0.2) is 0 Å². The van der Waals surface area contributed by atoms with E-state index in [0.717, 1.165) is 12.8 Å². The first-order chi connectivity index (χ1) is 7.52. The zero-order valence-corrected chi connectivity index (χ0v) is 10.0. The molecule has 0 spiro atoms. The van der Waals surface area contributed by atoms with Gasteiger partial charge in [0.05, 0.1) is 4.99 Å². The maximum atomic E-state index is 11.6. The predicted octanol–water partition coefficient (Wildman–Crippen LogP) is 0.982. The highest BCUT2D eigenvalue weighted by molar-refractivity contribution is 7.80. The minimum absolute atomic E-state index is 0.00843. The molecule has 1 heterocycles. The van der Waals surface area contributed by atoms with E-state index in [-0.39, 0.29) is 17.2 Å². The minimum atomic E-state index is -0.0366. The standard InChI is InChI=1S/C11H16N2O2S/c12-8(16)6-11(4-5-11)7-13-9(14)2-1-3-10(13)15/h1-7H2,(H2,12,16). The summed E-state index contributed by atoms with van der Waals surface area (Å²) >= 11 is 4.90. The van der Waals surface area contributed by atoms with Gasteiger partial charge < -0.3 is 5.73 Å². The molecule has 4 nitrogen and oxygen atoms in total. The van der Waals surface area contributed by atoms with E-state index in [2.05, 4.69) is 0 Å². The summed E-state index contributed by atoms with van der Waals surface area (Å²) < 4.78 is 0. The van der Waals surface area contributed by atoms with Gasteiger partial charge in [-0.15, -0.1) is 0 Å². The molecule has 2 amide bonds. The third-order valence-corrected chi connectivity index (χ3v) is 3.53. The summed E-state index contributed by atoms with van der Waals surface area (Å²) in [6, 6.07) is 0. The van der Waals surface area contributed by atoms with Crippen molar-refractivity contribution in [2.24, 2.45) is 11.1 Å². The molecule has 0 bridgehead atoms. The average Bonchev–Trinajstić information content (AvgIpc) is 2.91. The zero-order chi connectivity index (χ0) is 11.8. The second kappa shape index (κ2) is 4.13. The van der Waals surface area contributed by atoms with Crippen molar-refractivity contribution in [2.45, 2.75) is 38.5 Å². The number of hydrogen-bond donors (Lipinski definition) is 1. The Morgan fingerprint density at radius 1 is 1.31 bits per heavy atom. The quantitative estimate of drug-likeness (QED) is 0.588. The summed E-state index contributed by atoms with van der Waals surface area (Å²) in [4.78, 5) is 25.2. The van der Waals surface area contributed by atoms with Crippen LogP contribution < -0.4 is 5.73 Å². The van der Waals surface area contributed by atoms with Crippen molar-refractivity contribution < 1.29 is 9.59 Å². The molecular weight excluding hydrogens is 224 g/mol. The number of rotatable bonds is 4. The number of carbonyl (C=O) groups is 2. The van der Waals surface area contributed by atoms with E-state index in [1.165, 1.54) is 4.90 Å². The maximum Gasteiger partial charge on any atom is 0.229 e. The number of likely N-dealkylation sites (tertiary alicyclic amines) is 1. The van der Waals surface area contributed by atoms with Crippen LogP contribution in [0.2, 0.25) is 0 Å². The molecule has 1 saturated heterocycles. The van der Waals surface area contributed by atoms with Crippen molar-refractivity contribution >= 4 is 29.0 Å². The number of amides is 2. The summed E-state index contributed by atoms with van der Waals surface area (Å²) in [7, 11) is 0. The van der Waals surface area contributed by atoms with Gasteiger partial charge in [-0.05, 0) is 24.7 Å². The number of nitrogens with two attached hydrogens (primary N) is 1. The fourth-order valence-electron chi connectivity index (χ4n) is 2.25. The lowest BCUT2D eigenvalue weighted by atomic mass is 9.99. The SMILES string of the molecule is NC(=S)CC1(CN2C(=O)CCCC2=O)CC1. The lowest BCUT2D eigenvalue weighted by Gasteiger charge is -2.28. The Morgan fingerprint density at radius 3 is 2.31 bits per heavy atom. The van der Waals surface area contributed by atoms with Crippen molar-refractivity contribution in [2.75, 3.05) is 6.54 Å². The van der Waals surface area contributed by atoms with Gasteiger partial charge in [0.25, 0.3) is 0 Å². The normalized spacial score (nSPS) is 23.4. The third kappa shape index (κ3) is 2.40. The molecule has 1 aliphatic carbocycles. The second-order valence-electron chi connectivity index (χ2n) is 4.87. The van der Waals surface area contributed by atoms with Gasteiger partial charge in [0.15, 0.2) is 0 Å². The van der Waals surface area contributed by atoms with Crippen LogP contribution in [-0.4, -0.2) is 28.2 Å². The smallest absolute Gasteiger partial charge is 0.229 e. The Balaban J connectivity index is 2.00. The van der Waals surface area contributed by atoms with E-state index < -0.39 is 0 Å². The molecule has 0 atom stereocenters. The van der Waals surface area contributed by atoms with Gasteiger partial charge in [-0.3, -0.25) is 14.5 Å². The minimum Gasteiger partial charge on any atom is -0.393 e. The molecule has 1 saturated carbocycles. The van der Waals surface area contributed by atoms with Crippen molar-refractivity contribution in [3.63, 3.8) is 0 Å². The van der Waals surface area contributed by atoms with Crippen LogP contribution in [0.4, 0.5) is 0 Å². The lowest BCUT2D eigenvalue weighted by molar-refractivity contribution is -0.148. The molecule has 0 unspecified atom stereocenters. The summed E-state index contributed by atoms with van der Waals surface area (Å²) in [6.07, 6.45) is 4.36. The first kappa shape index (κ1) is 11.5. The van der Waals surface area contributed by atoms with Crippen LogP contribution >= 0.6 is 12.2 Å². The highest BCUT2D eigenvalue weighted by Crippen LogP contribution is 2.49. The van der Waals surface area contributed by atoms with Crippen LogP contribution in [0, 0.1) is 5.41 Å². The molecule has 2 aliphatic rings. The topological polar surface area (TPSA) is 63.4 Å². The monoisotopic (exact) mass is 240 g/mol. The Hall–Kier alpha value is -0.970. The molecule has 0 radical (unpaired) electrons. The van der Waals surface area contributed by atoms with Crippen LogP contribution in [-0.2, 0) is 9.59 Å². The number of hydrogen-bond acceptors (Lipinski definition) is 3. The Kier molecular flexibility index (Phi) is 2.97. The third-order valence-electron chi connectivity index (χ3n) is 3.38. The molecule has 2 fully saturated rings. The largest absolute Gasteiger partial charge is 0.393 e. The van der Waals surface area contributed by atoms with E-state index in [9.17, 15) is 9.59 Å². The summed E-state index contributed by atoms with van der Waals surface area (Å²) in [5, 5.41) is 0. The molecular formula is C11H16N2O2S. The molecule has 0 aromatic carbocycles. The Labute approximate surface area is 100 Å². The van der Waals surface area contributed by atoms with Gasteiger partial charge in [-0.2, -0.15) is 0 Å². The number of nitrogens with zero attached hydrogens (tertiary/aromatic N) is 1. The number of imide groups is 1. The van der Waals surface area contributed by atoms with Gasteiger partial charge in [-0.25, -0.2) is 0 Å². The van der Waals surface area contributed by atoms with E-state index >= 15 is 0 Å². The molecule has 88 valence electrons. The van der Waals surface area contributed by atoms with Crippen molar-refractivity contribution in [3.05, 3.63) is 0 Å². The number of carbonyl (C=O) groups excluding carboxylic acids is 2. The lowest BCUT2D eigenvalue weighted by Crippen LogP contribution is -2.44. The van der Waals surface area contributed by atoms with Gasteiger partial charge in [0.2, 0.25) is 11.8 Å². The summed E-state index contributed by atoms with van der Waals surface area (Å²) in [5.41, 5.74) is 5.54. The van der Waals surface area contributed by atoms with Crippen LogP contribution in [0.5, 0.6) is 0 Å².